The molecule has 1 heterocycles. The average molecular weight is 350 g/mol. The molecule has 1 aliphatic heterocycles. The number of hydrogen-bond acceptors (Lipinski definition) is 3. The number of nitrogens with one attached hydrogen (secondary N) is 1. The number of hydrogen-bond donors (Lipinski definition) is 1. The van der Waals surface area contributed by atoms with Gasteiger partial charge in [0.1, 0.15) is 11.9 Å². The van der Waals surface area contributed by atoms with Crippen LogP contribution < -0.4 is 10.1 Å². The standard InChI is InChI=1S/C18H17F3N2O2/c1-23(17(24)18(19,20)21)11-14-16(12-7-3-2-4-8-12)25-15-10-6-5-9-13(15)22-14/h2-10,14,16,22H,11H2,1H3. The summed E-state index contributed by atoms with van der Waals surface area (Å²) in [5, 5.41) is 3.20. The van der Waals surface area contributed by atoms with Crippen LogP contribution in [-0.2, 0) is 4.79 Å². The maximum atomic E-state index is 12.7. The summed E-state index contributed by atoms with van der Waals surface area (Å²) in [6.07, 6.45) is -5.41. The van der Waals surface area contributed by atoms with Gasteiger partial charge in [-0.3, -0.25) is 4.79 Å². The molecule has 7 heteroatoms. The number of rotatable bonds is 3. The molecule has 0 spiro atoms. The lowest BCUT2D eigenvalue weighted by molar-refractivity contribution is -0.184. The number of likely N-dealkylation sites (N-methyl/N-ethyl adjacent to an activating group) is 1. The van der Waals surface area contributed by atoms with Crippen molar-refractivity contribution in [3.8, 4) is 5.75 Å². The molecule has 0 aliphatic carbocycles. The molecule has 4 nitrogen and oxygen atoms in total. The third-order valence-corrected chi connectivity index (χ3v) is 4.04. The van der Waals surface area contributed by atoms with E-state index in [4.69, 9.17) is 4.74 Å². The van der Waals surface area contributed by atoms with Gasteiger partial charge >= 0.3 is 12.1 Å². The molecule has 0 saturated heterocycles. The Kier molecular flexibility index (Phi) is 4.57. The number of carbonyl (C=O) groups is 1. The Balaban J connectivity index is 1.87. The van der Waals surface area contributed by atoms with E-state index < -0.39 is 24.2 Å². The molecule has 3 rings (SSSR count). The van der Waals surface area contributed by atoms with E-state index in [1.807, 2.05) is 36.4 Å². The lowest BCUT2D eigenvalue weighted by Gasteiger charge is -2.37. The van der Waals surface area contributed by atoms with E-state index in [9.17, 15) is 18.0 Å². The number of fused-ring (bicyclic) bond motifs is 1. The highest BCUT2D eigenvalue weighted by Gasteiger charge is 2.43. The second-order valence-electron chi connectivity index (χ2n) is 5.88. The van der Waals surface area contributed by atoms with Gasteiger partial charge in [0.05, 0.1) is 11.7 Å². The van der Waals surface area contributed by atoms with Crippen molar-refractivity contribution in [2.45, 2.75) is 18.3 Å². The normalized spacial score (nSPS) is 19.4. The zero-order valence-electron chi connectivity index (χ0n) is 13.5. The number of para-hydroxylation sites is 2. The van der Waals surface area contributed by atoms with Crippen LogP contribution in [-0.4, -0.2) is 36.6 Å². The fourth-order valence-electron chi connectivity index (χ4n) is 2.86. The smallest absolute Gasteiger partial charge is 0.471 e. The first-order chi connectivity index (χ1) is 11.9. The largest absolute Gasteiger partial charge is 0.481 e. The van der Waals surface area contributed by atoms with Crippen molar-refractivity contribution in [1.82, 2.24) is 4.90 Å². The summed E-state index contributed by atoms with van der Waals surface area (Å²) >= 11 is 0. The van der Waals surface area contributed by atoms with Crippen LogP contribution in [0.4, 0.5) is 18.9 Å². The van der Waals surface area contributed by atoms with E-state index in [0.717, 1.165) is 12.6 Å². The van der Waals surface area contributed by atoms with Crippen molar-refractivity contribution < 1.29 is 22.7 Å². The summed E-state index contributed by atoms with van der Waals surface area (Å²) in [5.74, 6) is -1.25. The predicted octanol–water partition coefficient (Wildman–Crippen LogP) is 3.62. The second-order valence-corrected chi connectivity index (χ2v) is 5.88. The van der Waals surface area contributed by atoms with Gasteiger partial charge in [-0.1, -0.05) is 42.5 Å². The number of carbonyl (C=O) groups excluding carboxylic acids is 1. The zero-order valence-corrected chi connectivity index (χ0v) is 13.5. The molecule has 2 aromatic carbocycles. The van der Waals surface area contributed by atoms with Crippen LogP contribution in [0.3, 0.4) is 0 Å². The number of halogens is 3. The van der Waals surface area contributed by atoms with Gasteiger partial charge in [-0.2, -0.15) is 13.2 Å². The Morgan fingerprint density at radius 3 is 2.44 bits per heavy atom. The van der Waals surface area contributed by atoms with Gasteiger partial charge in [0.2, 0.25) is 0 Å². The quantitative estimate of drug-likeness (QED) is 0.919. The first-order valence-electron chi connectivity index (χ1n) is 7.75. The number of nitrogens with zero attached hydrogens (tertiary/aromatic N) is 1. The minimum absolute atomic E-state index is 0.147. The van der Waals surface area contributed by atoms with Crippen molar-refractivity contribution in [3.63, 3.8) is 0 Å². The molecule has 1 amide bonds. The summed E-state index contributed by atoms with van der Waals surface area (Å²) in [6.45, 7) is -0.147. The van der Waals surface area contributed by atoms with Gasteiger partial charge in [-0.15, -0.1) is 0 Å². The Labute approximate surface area is 143 Å². The highest BCUT2D eigenvalue weighted by molar-refractivity contribution is 5.81. The van der Waals surface area contributed by atoms with Crippen LogP contribution in [0, 0.1) is 0 Å². The molecule has 25 heavy (non-hydrogen) atoms. The van der Waals surface area contributed by atoms with Crippen LogP contribution >= 0.6 is 0 Å². The van der Waals surface area contributed by atoms with Gasteiger partial charge in [0, 0.05) is 13.6 Å². The van der Waals surface area contributed by atoms with Gasteiger partial charge in [-0.05, 0) is 17.7 Å². The predicted molar refractivity (Wildman–Crippen MR) is 87.4 cm³/mol. The second kappa shape index (κ2) is 6.66. The van der Waals surface area contributed by atoms with Gasteiger partial charge in [-0.25, -0.2) is 0 Å². The lowest BCUT2D eigenvalue weighted by atomic mass is 9.99. The van der Waals surface area contributed by atoms with E-state index >= 15 is 0 Å². The highest BCUT2D eigenvalue weighted by Crippen LogP contribution is 2.37. The number of benzene rings is 2. The summed E-state index contributed by atoms with van der Waals surface area (Å²) in [6, 6.07) is 15.9. The Morgan fingerprint density at radius 2 is 1.76 bits per heavy atom. The molecule has 1 aliphatic rings. The van der Waals surface area contributed by atoms with E-state index in [1.54, 1.807) is 18.2 Å². The van der Waals surface area contributed by atoms with Crippen LogP contribution in [0.1, 0.15) is 11.7 Å². The fraction of sp³-hybridized carbons (Fsp3) is 0.278. The third kappa shape index (κ3) is 3.70. The molecule has 2 aromatic rings. The van der Waals surface area contributed by atoms with Crippen molar-refractivity contribution >= 4 is 11.6 Å². The highest BCUT2D eigenvalue weighted by atomic mass is 19.4. The fourth-order valence-corrected chi connectivity index (χ4v) is 2.86. The molecular formula is C18H17F3N2O2. The monoisotopic (exact) mass is 350 g/mol. The van der Waals surface area contributed by atoms with E-state index in [0.29, 0.717) is 16.3 Å². The van der Waals surface area contributed by atoms with Crippen LogP contribution in [0.15, 0.2) is 54.6 Å². The maximum absolute atomic E-state index is 12.7. The molecule has 0 radical (unpaired) electrons. The average Bonchev–Trinajstić information content (AvgIpc) is 2.60. The molecule has 132 valence electrons. The summed E-state index contributed by atoms with van der Waals surface area (Å²) in [5.41, 5.74) is 1.51. The molecule has 1 N–H and O–H groups in total. The minimum Gasteiger partial charge on any atom is -0.481 e. The molecule has 0 fully saturated rings. The summed E-state index contributed by atoms with van der Waals surface area (Å²) in [7, 11) is 1.14. The van der Waals surface area contributed by atoms with Gasteiger partial charge in [0.25, 0.3) is 0 Å². The molecule has 0 saturated carbocycles. The number of ether oxygens (including phenoxy) is 1. The van der Waals surface area contributed by atoms with E-state index in [1.165, 1.54) is 0 Å². The molecule has 0 aromatic heterocycles. The molecule has 0 bridgehead atoms. The lowest BCUT2D eigenvalue weighted by Crippen LogP contribution is -2.48. The first kappa shape index (κ1) is 17.1. The molecule has 2 atom stereocenters. The molecular weight excluding hydrogens is 333 g/mol. The van der Waals surface area contributed by atoms with E-state index in [-0.39, 0.29) is 6.54 Å². The number of amides is 1. The first-order valence-corrected chi connectivity index (χ1v) is 7.75. The Hall–Kier alpha value is -2.70. The Morgan fingerprint density at radius 1 is 1.12 bits per heavy atom. The van der Waals surface area contributed by atoms with Crippen LogP contribution in [0.5, 0.6) is 5.75 Å². The van der Waals surface area contributed by atoms with E-state index in [2.05, 4.69) is 5.32 Å². The van der Waals surface area contributed by atoms with Crippen molar-refractivity contribution in [2.75, 3.05) is 18.9 Å². The zero-order chi connectivity index (χ0) is 18.0. The molecule has 2 unspecified atom stereocenters. The Bertz CT molecular complexity index is 749. The SMILES string of the molecule is CN(CC1Nc2ccccc2OC1c1ccccc1)C(=O)C(F)(F)F. The maximum Gasteiger partial charge on any atom is 0.471 e. The van der Waals surface area contributed by atoms with Crippen LogP contribution in [0.2, 0.25) is 0 Å². The number of alkyl halides is 3. The van der Waals surface area contributed by atoms with Gasteiger partial charge < -0.3 is 15.0 Å². The van der Waals surface area contributed by atoms with Gasteiger partial charge in [0.15, 0.2) is 0 Å². The minimum atomic E-state index is -4.90. The number of anilines is 1. The van der Waals surface area contributed by atoms with Crippen LogP contribution in [0.25, 0.3) is 0 Å². The summed E-state index contributed by atoms with van der Waals surface area (Å²) < 4.78 is 44.0. The topological polar surface area (TPSA) is 41.6 Å². The van der Waals surface area contributed by atoms with Crippen molar-refractivity contribution in [1.29, 1.82) is 0 Å². The van der Waals surface area contributed by atoms with Crippen molar-refractivity contribution in [2.24, 2.45) is 0 Å². The summed E-state index contributed by atoms with van der Waals surface area (Å²) in [4.78, 5) is 12.1. The third-order valence-electron chi connectivity index (χ3n) is 4.04. The van der Waals surface area contributed by atoms with Crippen molar-refractivity contribution in [3.05, 3.63) is 60.2 Å².